The number of halogens is 2. The van der Waals surface area contributed by atoms with Crippen molar-refractivity contribution < 1.29 is 28.3 Å². The highest BCUT2D eigenvalue weighted by Crippen LogP contribution is 2.50. The number of ether oxygens (including phenoxy) is 2. The van der Waals surface area contributed by atoms with E-state index in [1.807, 2.05) is 0 Å². The molecule has 8 heteroatoms. The molecule has 0 radical (unpaired) electrons. The fourth-order valence-corrected chi connectivity index (χ4v) is 4.11. The molecule has 0 spiro atoms. The Kier molecular flexibility index (Phi) is 6.57. The van der Waals surface area contributed by atoms with E-state index in [0.29, 0.717) is 37.2 Å². The Balaban J connectivity index is 1.73. The number of benzene rings is 1. The van der Waals surface area contributed by atoms with Crippen molar-refractivity contribution in [2.45, 2.75) is 50.3 Å². The Morgan fingerprint density at radius 1 is 1.28 bits per heavy atom. The molecule has 0 saturated heterocycles. The number of carbonyl (C=O) groups excluding carboxylic acids is 3. The van der Waals surface area contributed by atoms with Gasteiger partial charge in [-0.2, -0.15) is 0 Å². The molecule has 0 N–H and O–H groups in total. The second-order valence-corrected chi connectivity index (χ2v) is 7.79. The molecule has 156 valence electrons. The molecule has 2 aliphatic rings. The highest BCUT2D eigenvalue weighted by atomic mass is 35.5. The van der Waals surface area contributed by atoms with Crippen LogP contribution in [-0.2, 0) is 24.0 Å². The Morgan fingerprint density at radius 2 is 2.07 bits per heavy atom. The van der Waals surface area contributed by atoms with E-state index in [9.17, 15) is 18.9 Å². The smallest absolute Gasteiger partial charge is 0.344 e. The summed E-state index contributed by atoms with van der Waals surface area (Å²) in [6, 6.07) is 6.61. The predicted molar refractivity (Wildman–Crippen MR) is 104 cm³/mol. The summed E-state index contributed by atoms with van der Waals surface area (Å²) in [6.45, 7) is 2.16. The second kappa shape index (κ2) is 8.95. The average Bonchev–Trinajstić information content (AvgIpc) is 2.95. The fraction of sp³-hybridized carbons (Fsp3) is 0.476. The molecule has 3 rings (SSSR count). The number of hydrogen-bond acceptors (Lipinski definition) is 5. The van der Waals surface area contributed by atoms with E-state index in [0.717, 1.165) is 19.3 Å². The normalized spacial score (nSPS) is 21.4. The first-order valence-corrected chi connectivity index (χ1v) is 10.1. The minimum atomic E-state index is -1.32. The van der Waals surface area contributed by atoms with Crippen molar-refractivity contribution in [2.24, 2.45) is 0 Å². The van der Waals surface area contributed by atoms with E-state index >= 15 is 0 Å². The number of hydrogen-bond donors (Lipinski definition) is 0. The third-order valence-corrected chi connectivity index (χ3v) is 5.73. The van der Waals surface area contributed by atoms with E-state index in [4.69, 9.17) is 21.1 Å². The third kappa shape index (κ3) is 4.29. The quantitative estimate of drug-likeness (QED) is 0.208. The van der Waals surface area contributed by atoms with Crippen molar-refractivity contribution in [1.29, 1.82) is 0 Å². The van der Waals surface area contributed by atoms with Gasteiger partial charge < -0.3 is 9.47 Å². The molecule has 0 saturated carbocycles. The lowest BCUT2D eigenvalue weighted by Crippen LogP contribution is -2.31. The van der Waals surface area contributed by atoms with Gasteiger partial charge in [-0.1, -0.05) is 36.4 Å². The zero-order chi connectivity index (χ0) is 21.0. The SMILES string of the molecule is CCCCCOC(=O)COc1cccc(C2(Cl)CCCC3=C2C(=O)N(F)C3=O)c1. The highest BCUT2D eigenvalue weighted by Gasteiger charge is 2.51. The first-order chi connectivity index (χ1) is 13.9. The maximum atomic E-state index is 13.9. The summed E-state index contributed by atoms with van der Waals surface area (Å²) in [6.07, 6.45) is 4.07. The van der Waals surface area contributed by atoms with Crippen LogP contribution in [-0.4, -0.2) is 36.1 Å². The number of amides is 2. The zero-order valence-corrected chi connectivity index (χ0v) is 17.0. The van der Waals surface area contributed by atoms with Crippen LogP contribution in [0.15, 0.2) is 35.4 Å². The Bertz CT molecular complexity index is 855. The molecule has 2 amide bonds. The van der Waals surface area contributed by atoms with Gasteiger partial charge in [-0.3, -0.25) is 9.59 Å². The monoisotopic (exact) mass is 423 g/mol. The molecule has 0 aromatic heterocycles. The molecule has 1 atom stereocenters. The highest BCUT2D eigenvalue weighted by molar-refractivity contribution is 6.33. The number of esters is 1. The first-order valence-electron chi connectivity index (χ1n) is 9.74. The third-order valence-electron chi connectivity index (χ3n) is 5.13. The van der Waals surface area contributed by atoms with Gasteiger partial charge in [0.2, 0.25) is 0 Å². The lowest BCUT2D eigenvalue weighted by molar-refractivity contribution is -0.154. The number of carbonyl (C=O) groups is 3. The van der Waals surface area contributed by atoms with Crippen LogP contribution >= 0.6 is 11.6 Å². The lowest BCUT2D eigenvalue weighted by atomic mass is 9.78. The molecule has 1 aromatic rings. The molecular weight excluding hydrogens is 401 g/mol. The maximum Gasteiger partial charge on any atom is 0.344 e. The van der Waals surface area contributed by atoms with Crippen LogP contribution < -0.4 is 4.74 Å². The van der Waals surface area contributed by atoms with Crippen LogP contribution in [0.25, 0.3) is 0 Å². The topological polar surface area (TPSA) is 72.9 Å². The van der Waals surface area contributed by atoms with E-state index in [-0.39, 0.29) is 22.9 Å². The Labute approximate surface area is 173 Å². The van der Waals surface area contributed by atoms with Crippen molar-refractivity contribution in [1.82, 2.24) is 5.12 Å². The van der Waals surface area contributed by atoms with Crippen LogP contribution in [0.1, 0.15) is 51.0 Å². The molecule has 0 fully saturated rings. The van der Waals surface area contributed by atoms with Crippen molar-refractivity contribution in [2.75, 3.05) is 13.2 Å². The van der Waals surface area contributed by atoms with Crippen molar-refractivity contribution in [3.8, 4) is 5.75 Å². The van der Waals surface area contributed by atoms with E-state index in [1.54, 1.807) is 24.3 Å². The van der Waals surface area contributed by atoms with Gasteiger partial charge in [-0.05, 0) is 43.4 Å². The summed E-state index contributed by atoms with van der Waals surface area (Å²) in [5, 5.41) is -0.373. The van der Waals surface area contributed by atoms with Crippen LogP contribution in [0.4, 0.5) is 4.48 Å². The number of alkyl halides is 1. The summed E-state index contributed by atoms with van der Waals surface area (Å²) in [4.78, 5) is 34.7. The lowest BCUT2D eigenvalue weighted by Gasteiger charge is -2.32. The van der Waals surface area contributed by atoms with Crippen molar-refractivity contribution in [3.63, 3.8) is 0 Å². The molecule has 29 heavy (non-hydrogen) atoms. The van der Waals surface area contributed by atoms with Crippen LogP contribution in [0.3, 0.4) is 0 Å². The molecule has 1 aliphatic heterocycles. The second-order valence-electron chi connectivity index (χ2n) is 7.14. The summed E-state index contributed by atoms with van der Waals surface area (Å²) < 4.78 is 24.5. The Hall–Kier alpha value is -2.41. The van der Waals surface area contributed by atoms with Crippen molar-refractivity contribution >= 4 is 29.4 Å². The maximum absolute atomic E-state index is 13.9. The van der Waals surface area contributed by atoms with Gasteiger partial charge in [-0.25, -0.2) is 4.79 Å². The van der Waals surface area contributed by atoms with E-state index in [2.05, 4.69) is 6.92 Å². The van der Waals surface area contributed by atoms with Gasteiger partial charge in [-0.15, -0.1) is 16.7 Å². The van der Waals surface area contributed by atoms with Gasteiger partial charge >= 0.3 is 5.97 Å². The molecule has 0 bridgehead atoms. The molecule has 1 unspecified atom stereocenters. The average molecular weight is 424 g/mol. The molecular formula is C21H23ClFNO5. The Morgan fingerprint density at radius 3 is 2.83 bits per heavy atom. The van der Waals surface area contributed by atoms with Gasteiger partial charge in [0.1, 0.15) is 10.6 Å². The predicted octanol–water partition coefficient (Wildman–Crippen LogP) is 3.97. The largest absolute Gasteiger partial charge is 0.482 e. The summed E-state index contributed by atoms with van der Waals surface area (Å²) in [5.74, 6) is -2.05. The summed E-state index contributed by atoms with van der Waals surface area (Å²) >= 11 is 6.79. The minimum absolute atomic E-state index is 0.00889. The fourth-order valence-electron chi connectivity index (χ4n) is 3.66. The van der Waals surface area contributed by atoms with Gasteiger partial charge in [0.15, 0.2) is 6.61 Å². The first kappa shape index (κ1) is 21.3. The molecule has 6 nitrogen and oxygen atoms in total. The summed E-state index contributed by atoms with van der Waals surface area (Å²) in [5.41, 5.74) is 0.628. The number of nitrogens with zero attached hydrogens (tertiary/aromatic N) is 1. The molecule has 1 aliphatic carbocycles. The van der Waals surface area contributed by atoms with Crippen LogP contribution in [0, 0.1) is 0 Å². The van der Waals surface area contributed by atoms with Gasteiger partial charge in [0, 0.05) is 5.57 Å². The van der Waals surface area contributed by atoms with Gasteiger partial charge in [0.05, 0.1) is 12.2 Å². The van der Waals surface area contributed by atoms with Crippen molar-refractivity contribution in [3.05, 3.63) is 41.0 Å². The van der Waals surface area contributed by atoms with E-state index in [1.165, 1.54) is 0 Å². The molecule has 1 aromatic carbocycles. The number of imide groups is 1. The minimum Gasteiger partial charge on any atom is -0.482 e. The summed E-state index contributed by atoms with van der Waals surface area (Å²) in [7, 11) is 0. The standard InChI is InChI=1S/C21H23ClFNO5/c1-2-3-4-11-28-17(25)13-29-15-8-5-7-14(12-15)21(22)10-6-9-16-18(21)20(27)24(23)19(16)26/h5,7-8,12H,2-4,6,9-11,13H2,1H3. The van der Waals surface area contributed by atoms with Crippen LogP contribution in [0.5, 0.6) is 5.75 Å². The van der Waals surface area contributed by atoms with Gasteiger partial charge in [0.25, 0.3) is 11.8 Å². The number of rotatable bonds is 8. The zero-order valence-electron chi connectivity index (χ0n) is 16.2. The van der Waals surface area contributed by atoms with E-state index < -0.39 is 22.7 Å². The van der Waals surface area contributed by atoms with Crippen LogP contribution in [0.2, 0.25) is 0 Å². The molecule has 1 heterocycles. The number of unbranched alkanes of at least 4 members (excludes halogenated alkanes) is 2.